The molecular weight excluding hydrogens is 422 g/mol. The van der Waals surface area contributed by atoms with Crippen molar-refractivity contribution < 1.29 is 14.4 Å². The average Bonchev–Trinajstić information content (AvgIpc) is 3.36. The van der Waals surface area contributed by atoms with Gasteiger partial charge in [0.05, 0.1) is 11.4 Å². The molecule has 166 valence electrons. The first-order valence-corrected chi connectivity index (χ1v) is 11.5. The van der Waals surface area contributed by atoms with Crippen LogP contribution in [0.4, 0.5) is 5.69 Å². The summed E-state index contributed by atoms with van der Waals surface area (Å²) >= 11 is 1.75. The van der Waals surface area contributed by atoms with E-state index in [1.807, 2.05) is 18.2 Å². The van der Waals surface area contributed by atoms with Gasteiger partial charge in [0, 0.05) is 34.6 Å². The van der Waals surface area contributed by atoms with Crippen molar-refractivity contribution in [3.05, 3.63) is 64.3 Å². The summed E-state index contributed by atoms with van der Waals surface area (Å²) in [6, 6.07) is 14.2. The fourth-order valence-electron chi connectivity index (χ4n) is 3.74. The minimum Gasteiger partial charge on any atom is -0.480 e. The number of hydrogen-bond donors (Lipinski definition) is 1. The second kappa shape index (κ2) is 9.12. The minimum absolute atomic E-state index is 0.0703. The van der Waals surface area contributed by atoms with Gasteiger partial charge in [-0.15, -0.1) is 11.3 Å². The lowest BCUT2D eigenvalue weighted by molar-refractivity contribution is -0.135. The molecule has 32 heavy (non-hydrogen) atoms. The van der Waals surface area contributed by atoms with Gasteiger partial charge in [0.2, 0.25) is 0 Å². The molecule has 2 aromatic heterocycles. The number of carboxylic acids is 1. The summed E-state index contributed by atoms with van der Waals surface area (Å²) in [4.78, 5) is 18.9. The minimum atomic E-state index is -0.874. The number of carbonyl (C=O) groups is 1. The molecule has 0 radical (unpaired) electrons. The Hall–Kier alpha value is -3.19. The van der Waals surface area contributed by atoms with Crippen LogP contribution in [0.25, 0.3) is 21.5 Å². The molecule has 2 heterocycles. The standard InChI is InChI=1S/C25H27N3O3S/c1-15(2)24-22(32-25(26-24)17-7-5-16(3)6-8-17)12-11-20-19-10-9-18(13-21(19)31-27-20)28(4)14-23(29)30/h5-10,13,15H,11-12,14H2,1-4H3,(H,29,30). The molecule has 7 heteroatoms. The van der Waals surface area contributed by atoms with Crippen molar-refractivity contribution in [2.24, 2.45) is 0 Å². The van der Waals surface area contributed by atoms with Crippen LogP contribution in [-0.4, -0.2) is 34.8 Å². The van der Waals surface area contributed by atoms with Gasteiger partial charge in [0.25, 0.3) is 0 Å². The van der Waals surface area contributed by atoms with E-state index in [0.717, 1.165) is 45.9 Å². The number of fused-ring (bicyclic) bond motifs is 1. The lowest BCUT2D eigenvalue weighted by atomic mass is 10.1. The molecule has 1 N–H and O–H groups in total. The van der Waals surface area contributed by atoms with E-state index in [2.05, 4.69) is 50.2 Å². The molecule has 0 unspecified atom stereocenters. The van der Waals surface area contributed by atoms with Crippen LogP contribution in [-0.2, 0) is 17.6 Å². The Balaban J connectivity index is 1.55. The predicted octanol–water partition coefficient (Wildman–Crippen LogP) is 5.69. The Kier molecular flexibility index (Phi) is 6.28. The number of hydrogen-bond acceptors (Lipinski definition) is 6. The van der Waals surface area contributed by atoms with E-state index in [4.69, 9.17) is 14.6 Å². The number of carboxylic acid groups (broad SMARTS) is 1. The van der Waals surface area contributed by atoms with E-state index in [1.165, 1.54) is 10.4 Å². The number of rotatable bonds is 8. The molecule has 6 nitrogen and oxygen atoms in total. The van der Waals surface area contributed by atoms with Gasteiger partial charge in [0.15, 0.2) is 5.58 Å². The summed E-state index contributed by atoms with van der Waals surface area (Å²) in [5, 5.41) is 15.3. The molecule has 2 aromatic carbocycles. The molecule has 0 spiro atoms. The first-order chi connectivity index (χ1) is 15.3. The van der Waals surface area contributed by atoms with E-state index >= 15 is 0 Å². The van der Waals surface area contributed by atoms with Crippen molar-refractivity contribution in [1.29, 1.82) is 0 Å². The molecule has 0 aliphatic heterocycles. The largest absolute Gasteiger partial charge is 0.480 e. The Morgan fingerprint density at radius 3 is 2.59 bits per heavy atom. The molecule has 4 rings (SSSR count). The number of thiazole rings is 1. The summed E-state index contributed by atoms with van der Waals surface area (Å²) in [5.41, 5.74) is 5.91. The second-order valence-corrected chi connectivity index (χ2v) is 9.49. The van der Waals surface area contributed by atoms with E-state index in [0.29, 0.717) is 11.5 Å². The molecule has 0 fully saturated rings. The Bertz CT molecular complexity index is 1240. The Morgan fingerprint density at radius 2 is 1.91 bits per heavy atom. The zero-order valence-corrected chi connectivity index (χ0v) is 19.6. The predicted molar refractivity (Wildman–Crippen MR) is 129 cm³/mol. The van der Waals surface area contributed by atoms with Crippen molar-refractivity contribution in [1.82, 2.24) is 10.1 Å². The van der Waals surface area contributed by atoms with Crippen LogP contribution in [0.5, 0.6) is 0 Å². The SMILES string of the molecule is Cc1ccc(-c2nc(C(C)C)c(CCc3noc4cc(N(C)CC(=O)O)ccc34)s2)cc1. The van der Waals surface area contributed by atoms with Gasteiger partial charge in [-0.1, -0.05) is 48.8 Å². The number of anilines is 1. The van der Waals surface area contributed by atoms with E-state index in [-0.39, 0.29) is 6.54 Å². The lowest BCUT2D eigenvalue weighted by Gasteiger charge is -2.16. The highest BCUT2D eigenvalue weighted by Gasteiger charge is 2.17. The van der Waals surface area contributed by atoms with E-state index in [1.54, 1.807) is 23.3 Å². The topological polar surface area (TPSA) is 79.5 Å². The zero-order valence-electron chi connectivity index (χ0n) is 18.8. The van der Waals surface area contributed by atoms with Crippen molar-refractivity contribution in [2.75, 3.05) is 18.5 Å². The molecule has 0 bridgehead atoms. The third-order valence-electron chi connectivity index (χ3n) is 5.51. The highest BCUT2D eigenvalue weighted by Crippen LogP contribution is 2.33. The first kappa shape index (κ1) is 22.0. The van der Waals surface area contributed by atoms with Gasteiger partial charge < -0.3 is 14.5 Å². The molecule has 0 aliphatic rings. The number of likely N-dealkylation sites (N-methyl/N-ethyl adjacent to an activating group) is 1. The highest BCUT2D eigenvalue weighted by atomic mass is 32.1. The normalized spacial score (nSPS) is 11.4. The summed E-state index contributed by atoms with van der Waals surface area (Å²) in [6.07, 6.45) is 1.60. The van der Waals surface area contributed by atoms with Gasteiger partial charge in [-0.2, -0.15) is 0 Å². The van der Waals surface area contributed by atoms with Gasteiger partial charge in [0.1, 0.15) is 11.6 Å². The molecule has 4 aromatic rings. The lowest BCUT2D eigenvalue weighted by Crippen LogP contribution is -2.24. The molecule has 0 atom stereocenters. The second-order valence-electron chi connectivity index (χ2n) is 8.41. The van der Waals surface area contributed by atoms with Crippen LogP contribution >= 0.6 is 11.3 Å². The number of benzene rings is 2. The Labute approximate surface area is 191 Å². The highest BCUT2D eigenvalue weighted by molar-refractivity contribution is 7.15. The number of aryl methyl sites for hydroxylation is 3. The molecule has 0 aliphatic carbocycles. The summed E-state index contributed by atoms with van der Waals surface area (Å²) in [7, 11) is 1.75. The zero-order chi connectivity index (χ0) is 22.8. The van der Waals surface area contributed by atoms with Crippen LogP contribution < -0.4 is 4.90 Å². The van der Waals surface area contributed by atoms with Gasteiger partial charge in [-0.3, -0.25) is 4.79 Å². The maximum absolute atomic E-state index is 11.0. The summed E-state index contributed by atoms with van der Waals surface area (Å²) < 4.78 is 5.56. The fourth-order valence-corrected chi connectivity index (χ4v) is 4.96. The van der Waals surface area contributed by atoms with Crippen LogP contribution in [0.3, 0.4) is 0 Å². The third-order valence-corrected chi connectivity index (χ3v) is 6.69. The maximum atomic E-state index is 11.0. The number of aliphatic carboxylic acids is 1. The van der Waals surface area contributed by atoms with Crippen molar-refractivity contribution in [2.45, 2.75) is 39.5 Å². The number of aromatic nitrogens is 2. The van der Waals surface area contributed by atoms with Gasteiger partial charge in [-0.25, -0.2) is 4.98 Å². The van der Waals surface area contributed by atoms with Crippen molar-refractivity contribution in [3.63, 3.8) is 0 Å². The maximum Gasteiger partial charge on any atom is 0.323 e. The van der Waals surface area contributed by atoms with Crippen LogP contribution in [0.15, 0.2) is 47.0 Å². The molecule has 0 amide bonds. The fraction of sp³-hybridized carbons (Fsp3) is 0.320. The van der Waals surface area contributed by atoms with Crippen LogP contribution in [0.1, 0.15) is 41.6 Å². The van der Waals surface area contributed by atoms with Crippen LogP contribution in [0.2, 0.25) is 0 Å². The van der Waals surface area contributed by atoms with Gasteiger partial charge >= 0.3 is 5.97 Å². The number of nitrogens with zero attached hydrogens (tertiary/aromatic N) is 3. The van der Waals surface area contributed by atoms with Crippen LogP contribution in [0, 0.1) is 6.92 Å². The van der Waals surface area contributed by atoms with Gasteiger partial charge in [-0.05, 0) is 37.8 Å². The molecule has 0 saturated carbocycles. The van der Waals surface area contributed by atoms with Crippen molar-refractivity contribution >= 4 is 34.0 Å². The first-order valence-electron chi connectivity index (χ1n) is 10.7. The summed E-state index contributed by atoms with van der Waals surface area (Å²) in [5.74, 6) is -0.525. The Morgan fingerprint density at radius 1 is 1.16 bits per heavy atom. The van der Waals surface area contributed by atoms with E-state index in [9.17, 15) is 4.79 Å². The van der Waals surface area contributed by atoms with E-state index < -0.39 is 5.97 Å². The quantitative estimate of drug-likeness (QED) is 0.372. The smallest absolute Gasteiger partial charge is 0.323 e. The average molecular weight is 450 g/mol. The molecule has 0 saturated heterocycles. The third kappa shape index (κ3) is 4.67. The molecular formula is C25H27N3O3S. The van der Waals surface area contributed by atoms with Crippen molar-refractivity contribution in [3.8, 4) is 10.6 Å². The summed E-state index contributed by atoms with van der Waals surface area (Å²) in [6.45, 7) is 6.38. The monoisotopic (exact) mass is 449 g/mol.